The molecule has 4 nitrogen and oxygen atoms in total. The maximum atomic E-state index is 12.0. The van der Waals surface area contributed by atoms with Crippen molar-refractivity contribution in [2.75, 3.05) is 19.8 Å². The summed E-state index contributed by atoms with van der Waals surface area (Å²) in [6.45, 7) is 3.45. The molecule has 3 atom stereocenters. The monoisotopic (exact) mass is 250 g/mol. The summed E-state index contributed by atoms with van der Waals surface area (Å²) < 4.78 is 16.9. The Kier molecular flexibility index (Phi) is 2.99. The van der Waals surface area contributed by atoms with E-state index in [1.54, 1.807) is 0 Å². The fraction of sp³-hybridized carbons (Fsp3) is 0.643. The third kappa shape index (κ3) is 1.63. The Morgan fingerprint density at radius 2 is 2.06 bits per heavy atom. The van der Waals surface area contributed by atoms with Gasteiger partial charge in [0.25, 0.3) is 0 Å². The van der Waals surface area contributed by atoms with Crippen molar-refractivity contribution in [3.05, 3.63) is 24.3 Å². The Morgan fingerprint density at radius 1 is 1.33 bits per heavy atom. The van der Waals surface area contributed by atoms with Gasteiger partial charge in [-0.15, -0.1) is 0 Å². The first kappa shape index (κ1) is 11.9. The molecule has 2 bridgehead atoms. The number of esters is 1. The lowest BCUT2D eigenvalue weighted by atomic mass is 9.92. The zero-order valence-corrected chi connectivity index (χ0v) is 10.5. The number of hydrogen-bond acceptors (Lipinski definition) is 4. The topological polar surface area (TPSA) is 44.8 Å². The third-order valence-corrected chi connectivity index (χ3v) is 4.02. The number of carbonyl (C=O) groups is 1. The summed E-state index contributed by atoms with van der Waals surface area (Å²) in [7, 11) is 0. The van der Waals surface area contributed by atoms with Crippen molar-refractivity contribution in [3.8, 4) is 0 Å². The molecule has 4 heteroatoms. The van der Waals surface area contributed by atoms with Crippen LogP contribution in [0.25, 0.3) is 0 Å². The van der Waals surface area contributed by atoms with Crippen molar-refractivity contribution >= 4 is 5.97 Å². The van der Waals surface area contributed by atoms with Gasteiger partial charge in [-0.25, -0.2) is 0 Å². The highest BCUT2D eigenvalue weighted by atomic mass is 16.7. The molecule has 1 saturated carbocycles. The van der Waals surface area contributed by atoms with Crippen LogP contribution in [0.2, 0.25) is 0 Å². The molecule has 3 rings (SSSR count). The van der Waals surface area contributed by atoms with E-state index in [4.69, 9.17) is 14.2 Å². The van der Waals surface area contributed by atoms with Gasteiger partial charge in [-0.2, -0.15) is 0 Å². The predicted molar refractivity (Wildman–Crippen MR) is 64.6 cm³/mol. The van der Waals surface area contributed by atoms with Gasteiger partial charge in [0.15, 0.2) is 5.79 Å². The van der Waals surface area contributed by atoms with E-state index in [-0.39, 0.29) is 23.7 Å². The fourth-order valence-electron chi connectivity index (χ4n) is 3.32. The molecule has 18 heavy (non-hydrogen) atoms. The van der Waals surface area contributed by atoms with Gasteiger partial charge < -0.3 is 14.2 Å². The molecule has 1 aliphatic heterocycles. The third-order valence-electron chi connectivity index (χ3n) is 4.02. The molecule has 98 valence electrons. The molecule has 0 aromatic heterocycles. The standard InChI is InChI=1S/C14H18O4/c1-2-16-13(15)11-9-10-5-3-4-6-12(11)14(10)17-7-8-18-14/h3-6,10-12H,2,7-9H2,1H3/t10-,11-,12+/m0/s1. The van der Waals surface area contributed by atoms with Crippen molar-refractivity contribution in [3.63, 3.8) is 0 Å². The Balaban J connectivity index is 1.91. The van der Waals surface area contributed by atoms with E-state index in [2.05, 4.69) is 6.08 Å². The van der Waals surface area contributed by atoms with Crippen molar-refractivity contribution < 1.29 is 19.0 Å². The molecular formula is C14H18O4. The quantitative estimate of drug-likeness (QED) is 0.699. The zero-order valence-electron chi connectivity index (χ0n) is 10.5. The summed E-state index contributed by atoms with van der Waals surface area (Å²) in [6.07, 6.45) is 8.84. The minimum absolute atomic E-state index is 0.0425. The van der Waals surface area contributed by atoms with Gasteiger partial charge in [0.05, 0.1) is 25.7 Å². The highest BCUT2D eigenvalue weighted by Crippen LogP contribution is 2.52. The van der Waals surface area contributed by atoms with Gasteiger partial charge in [0.2, 0.25) is 0 Å². The molecule has 0 radical (unpaired) electrons. The summed E-state index contributed by atoms with van der Waals surface area (Å²) >= 11 is 0. The molecule has 0 aromatic rings. The van der Waals surface area contributed by atoms with Crippen LogP contribution in [0.5, 0.6) is 0 Å². The van der Waals surface area contributed by atoms with Crippen LogP contribution in [0, 0.1) is 17.8 Å². The summed E-state index contributed by atoms with van der Waals surface area (Å²) in [6, 6.07) is 0. The molecule has 1 spiro atoms. The van der Waals surface area contributed by atoms with Crippen molar-refractivity contribution in [2.24, 2.45) is 17.8 Å². The van der Waals surface area contributed by atoms with Crippen LogP contribution >= 0.6 is 0 Å². The van der Waals surface area contributed by atoms with E-state index in [0.717, 1.165) is 6.42 Å². The smallest absolute Gasteiger partial charge is 0.309 e. The SMILES string of the molecule is CCOC(=O)[C@H]1C[C@@H]2C=CC=C[C@H]1C21OCCO1. The first-order valence-corrected chi connectivity index (χ1v) is 6.57. The minimum Gasteiger partial charge on any atom is -0.466 e. The van der Waals surface area contributed by atoms with Gasteiger partial charge in [-0.1, -0.05) is 24.3 Å². The second-order valence-electron chi connectivity index (χ2n) is 4.91. The molecular weight excluding hydrogens is 232 g/mol. The van der Waals surface area contributed by atoms with E-state index in [1.165, 1.54) is 0 Å². The van der Waals surface area contributed by atoms with Crippen LogP contribution in [0.15, 0.2) is 24.3 Å². The molecule has 0 unspecified atom stereocenters. The lowest BCUT2D eigenvalue weighted by Crippen LogP contribution is -2.41. The summed E-state index contributed by atoms with van der Waals surface area (Å²) in [5, 5.41) is 0. The largest absolute Gasteiger partial charge is 0.466 e. The number of rotatable bonds is 2. The lowest BCUT2D eigenvalue weighted by molar-refractivity contribution is -0.195. The molecule has 0 aromatic carbocycles. The van der Waals surface area contributed by atoms with Crippen molar-refractivity contribution in [2.45, 2.75) is 19.1 Å². The molecule has 3 aliphatic rings. The second kappa shape index (κ2) is 4.52. The summed E-state index contributed by atoms with van der Waals surface area (Å²) in [4.78, 5) is 12.0. The Hall–Kier alpha value is -1.13. The minimum atomic E-state index is -0.638. The second-order valence-corrected chi connectivity index (χ2v) is 4.91. The van der Waals surface area contributed by atoms with Gasteiger partial charge >= 0.3 is 5.97 Å². The normalized spacial score (nSPS) is 35.9. The molecule has 1 heterocycles. The molecule has 2 aliphatic carbocycles. The highest BCUT2D eigenvalue weighted by molar-refractivity contribution is 5.74. The van der Waals surface area contributed by atoms with E-state index >= 15 is 0 Å². The average molecular weight is 250 g/mol. The summed E-state index contributed by atoms with van der Waals surface area (Å²) in [5.41, 5.74) is 0. The number of carbonyl (C=O) groups excluding carboxylic acids is 1. The Labute approximate surface area is 107 Å². The van der Waals surface area contributed by atoms with Gasteiger partial charge in [0, 0.05) is 11.8 Å². The van der Waals surface area contributed by atoms with Crippen molar-refractivity contribution in [1.82, 2.24) is 0 Å². The van der Waals surface area contributed by atoms with Gasteiger partial charge in [0.1, 0.15) is 0 Å². The molecule has 0 amide bonds. The van der Waals surface area contributed by atoms with E-state index in [0.29, 0.717) is 19.8 Å². The molecule has 0 N–H and O–H groups in total. The van der Waals surface area contributed by atoms with Crippen LogP contribution in [-0.2, 0) is 19.0 Å². The first-order chi connectivity index (χ1) is 8.78. The van der Waals surface area contributed by atoms with Crippen LogP contribution in [0.1, 0.15) is 13.3 Å². The highest BCUT2D eigenvalue weighted by Gasteiger charge is 2.60. The molecule has 2 fully saturated rings. The number of allylic oxidation sites excluding steroid dienone is 2. The van der Waals surface area contributed by atoms with Crippen LogP contribution in [-0.4, -0.2) is 31.6 Å². The van der Waals surface area contributed by atoms with Crippen LogP contribution in [0.3, 0.4) is 0 Å². The van der Waals surface area contributed by atoms with Crippen LogP contribution < -0.4 is 0 Å². The van der Waals surface area contributed by atoms with Gasteiger partial charge in [-0.3, -0.25) is 4.79 Å². The van der Waals surface area contributed by atoms with E-state index in [1.807, 2.05) is 25.2 Å². The van der Waals surface area contributed by atoms with E-state index in [9.17, 15) is 4.79 Å². The maximum Gasteiger partial charge on any atom is 0.309 e. The lowest BCUT2D eigenvalue weighted by Gasteiger charge is -2.32. The number of ether oxygens (including phenoxy) is 3. The zero-order chi connectivity index (χ0) is 12.6. The van der Waals surface area contributed by atoms with Crippen LogP contribution in [0.4, 0.5) is 0 Å². The maximum absolute atomic E-state index is 12.0. The predicted octanol–water partition coefficient (Wildman–Crippen LogP) is 1.67. The average Bonchev–Trinajstić information content (AvgIpc) is 2.85. The first-order valence-electron chi connectivity index (χ1n) is 6.57. The number of hydrogen-bond donors (Lipinski definition) is 0. The molecule has 1 saturated heterocycles. The van der Waals surface area contributed by atoms with Gasteiger partial charge in [-0.05, 0) is 13.3 Å². The fourth-order valence-corrected chi connectivity index (χ4v) is 3.32. The summed E-state index contributed by atoms with van der Waals surface area (Å²) in [5.74, 6) is -0.841. The Bertz CT molecular complexity index is 393. The Morgan fingerprint density at radius 3 is 2.78 bits per heavy atom. The van der Waals surface area contributed by atoms with E-state index < -0.39 is 5.79 Å². The van der Waals surface area contributed by atoms with Crippen molar-refractivity contribution in [1.29, 1.82) is 0 Å².